The summed E-state index contributed by atoms with van der Waals surface area (Å²) in [5.41, 5.74) is 0.745. The zero-order chi connectivity index (χ0) is 16.6. The van der Waals surface area contributed by atoms with Gasteiger partial charge in [0, 0.05) is 17.7 Å². The SMILES string of the molecule is O=C1/C(=N\O)c2cc(F)ccc2N1Cc1cccc([N+](=O)[O-])c1. The topological polar surface area (TPSA) is 96.0 Å². The Morgan fingerprint density at radius 3 is 2.74 bits per heavy atom. The van der Waals surface area contributed by atoms with Crippen LogP contribution >= 0.6 is 0 Å². The molecule has 0 aliphatic carbocycles. The Balaban J connectivity index is 2.00. The summed E-state index contributed by atoms with van der Waals surface area (Å²) in [4.78, 5) is 23.9. The van der Waals surface area contributed by atoms with E-state index < -0.39 is 16.6 Å². The van der Waals surface area contributed by atoms with Gasteiger partial charge in [0.05, 0.1) is 17.2 Å². The number of anilines is 1. The molecular formula is C15H10FN3O4. The molecule has 0 atom stereocenters. The van der Waals surface area contributed by atoms with E-state index in [0.29, 0.717) is 11.3 Å². The number of carbonyl (C=O) groups is 1. The Morgan fingerprint density at radius 1 is 1.26 bits per heavy atom. The number of halogens is 1. The molecule has 0 radical (unpaired) electrons. The van der Waals surface area contributed by atoms with Crippen LogP contribution in [0.1, 0.15) is 11.1 Å². The molecule has 1 aliphatic rings. The predicted octanol–water partition coefficient (Wildman–Crippen LogP) is 2.46. The van der Waals surface area contributed by atoms with Gasteiger partial charge >= 0.3 is 0 Å². The number of rotatable bonds is 3. The lowest BCUT2D eigenvalue weighted by Crippen LogP contribution is -2.29. The van der Waals surface area contributed by atoms with Crippen molar-refractivity contribution in [3.63, 3.8) is 0 Å². The first-order valence-corrected chi connectivity index (χ1v) is 6.58. The van der Waals surface area contributed by atoms with E-state index in [4.69, 9.17) is 5.21 Å². The molecule has 116 valence electrons. The number of oxime groups is 1. The third kappa shape index (κ3) is 2.50. The third-order valence-electron chi connectivity index (χ3n) is 3.51. The normalized spacial score (nSPS) is 15.1. The first-order chi connectivity index (χ1) is 11.0. The number of nitro benzene ring substituents is 1. The Kier molecular flexibility index (Phi) is 3.49. The lowest BCUT2D eigenvalue weighted by atomic mass is 10.1. The van der Waals surface area contributed by atoms with Gasteiger partial charge < -0.3 is 10.1 Å². The van der Waals surface area contributed by atoms with E-state index in [1.165, 1.54) is 35.2 Å². The van der Waals surface area contributed by atoms with Gasteiger partial charge in [-0.15, -0.1) is 0 Å². The van der Waals surface area contributed by atoms with E-state index in [0.717, 1.165) is 6.07 Å². The maximum Gasteiger partial charge on any atom is 0.281 e. The van der Waals surface area contributed by atoms with Gasteiger partial charge in [0.2, 0.25) is 0 Å². The minimum atomic E-state index is -0.598. The molecule has 1 amide bonds. The van der Waals surface area contributed by atoms with Crippen LogP contribution in [0.3, 0.4) is 0 Å². The van der Waals surface area contributed by atoms with E-state index in [9.17, 15) is 19.3 Å². The lowest BCUT2D eigenvalue weighted by Gasteiger charge is -2.16. The zero-order valence-corrected chi connectivity index (χ0v) is 11.6. The Morgan fingerprint density at radius 2 is 2.04 bits per heavy atom. The van der Waals surface area contributed by atoms with Crippen LogP contribution in [0.25, 0.3) is 0 Å². The maximum absolute atomic E-state index is 13.4. The molecular weight excluding hydrogens is 305 g/mol. The van der Waals surface area contributed by atoms with Crippen molar-refractivity contribution in [1.29, 1.82) is 0 Å². The highest BCUT2D eigenvalue weighted by Crippen LogP contribution is 2.31. The van der Waals surface area contributed by atoms with Crippen molar-refractivity contribution < 1.29 is 19.3 Å². The molecule has 0 saturated heterocycles. The van der Waals surface area contributed by atoms with Gasteiger partial charge in [-0.25, -0.2) is 4.39 Å². The fourth-order valence-electron chi connectivity index (χ4n) is 2.49. The molecule has 0 saturated carbocycles. The van der Waals surface area contributed by atoms with Crippen LogP contribution in [0.15, 0.2) is 47.6 Å². The second-order valence-electron chi connectivity index (χ2n) is 4.93. The van der Waals surface area contributed by atoms with Crippen LogP contribution < -0.4 is 4.90 Å². The maximum atomic E-state index is 13.4. The van der Waals surface area contributed by atoms with E-state index in [2.05, 4.69) is 5.16 Å². The summed E-state index contributed by atoms with van der Waals surface area (Å²) < 4.78 is 13.4. The van der Waals surface area contributed by atoms with E-state index in [1.807, 2.05) is 0 Å². The fraction of sp³-hybridized carbons (Fsp3) is 0.0667. The first kappa shape index (κ1) is 14.6. The minimum absolute atomic E-state index is 0.0398. The zero-order valence-electron chi connectivity index (χ0n) is 11.6. The third-order valence-corrected chi connectivity index (χ3v) is 3.51. The smallest absolute Gasteiger partial charge is 0.281 e. The standard InChI is InChI=1S/C15H10FN3O4/c16-10-4-5-13-12(7-10)14(17-21)15(20)18(13)8-9-2-1-3-11(6-9)19(22)23/h1-7,21H,8H2/b17-14-. The van der Waals surface area contributed by atoms with Crippen molar-refractivity contribution in [3.05, 3.63) is 69.5 Å². The molecule has 7 nitrogen and oxygen atoms in total. The van der Waals surface area contributed by atoms with Gasteiger partial charge in [-0.1, -0.05) is 17.3 Å². The summed E-state index contributed by atoms with van der Waals surface area (Å²) in [6, 6.07) is 9.54. The van der Waals surface area contributed by atoms with Gasteiger partial charge in [0.1, 0.15) is 5.82 Å². The molecule has 1 N–H and O–H groups in total. The number of amides is 1. The van der Waals surface area contributed by atoms with Crippen LogP contribution in [-0.2, 0) is 11.3 Å². The molecule has 2 aromatic carbocycles. The van der Waals surface area contributed by atoms with Crippen LogP contribution in [0.2, 0.25) is 0 Å². The molecule has 0 fully saturated rings. The molecule has 23 heavy (non-hydrogen) atoms. The number of non-ortho nitro benzene ring substituents is 1. The monoisotopic (exact) mass is 315 g/mol. The molecule has 1 aliphatic heterocycles. The number of hydrogen-bond donors (Lipinski definition) is 1. The van der Waals surface area contributed by atoms with Crippen LogP contribution in [0.4, 0.5) is 15.8 Å². The van der Waals surface area contributed by atoms with Gasteiger partial charge in [-0.05, 0) is 23.8 Å². The Bertz CT molecular complexity index is 850. The van der Waals surface area contributed by atoms with Gasteiger partial charge in [-0.3, -0.25) is 14.9 Å². The average Bonchev–Trinajstić information content (AvgIpc) is 2.78. The second kappa shape index (κ2) is 5.48. The first-order valence-electron chi connectivity index (χ1n) is 6.58. The molecule has 2 aromatic rings. The molecule has 8 heteroatoms. The van der Waals surface area contributed by atoms with Crippen LogP contribution in [0.5, 0.6) is 0 Å². The molecule has 1 heterocycles. The average molecular weight is 315 g/mol. The summed E-state index contributed by atoms with van der Waals surface area (Å²) in [5.74, 6) is -1.16. The van der Waals surface area contributed by atoms with Crippen molar-refractivity contribution in [1.82, 2.24) is 0 Å². The summed E-state index contributed by atoms with van der Waals surface area (Å²) in [5, 5.41) is 22.8. The highest BCUT2D eigenvalue weighted by atomic mass is 19.1. The highest BCUT2D eigenvalue weighted by Gasteiger charge is 2.35. The summed E-state index contributed by atoms with van der Waals surface area (Å²) in [6.07, 6.45) is 0. The number of nitrogens with zero attached hydrogens (tertiary/aromatic N) is 3. The van der Waals surface area contributed by atoms with Gasteiger partial charge in [0.25, 0.3) is 11.6 Å². The highest BCUT2D eigenvalue weighted by molar-refractivity contribution is 6.54. The number of benzene rings is 2. The van der Waals surface area contributed by atoms with E-state index in [1.54, 1.807) is 6.07 Å². The molecule has 0 aromatic heterocycles. The number of hydrogen-bond acceptors (Lipinski definition) is 5. The van der Waals surface area contributed by atoms with Crippen LogP contribution in [-0.4, -0.2) is 21.7 Å². The van der Waals surface area contributed by atoms with Crippen molar-refractivity contribution in [2.75, 3.05) is 4.90 Å². The molecule has 0 unspecified atom stereocenters. The van der Waals surface area contributed by atoms with Crippen molar-refractivity contribution in [2.24, 2.45) is 5.16 Å². The van der Waals surface area contributed by atoms with Crippen molar-refractivity contribution in [2.45, 2.75) is 6.54 Å². The Labute approximate surface area is 129 Å². The minimum Gasteiger partial charge on any atom is -0.410 e. The number of carbonyl (C=O) groups excluding carboxylic acids is 1. The number of fused-ring (bicyclic) bond motifs is 1. The molecule has 0 bridgehead atoms. The Hall–Kier alpha value is -3.29. The summed E-state index contributed by atoms with van der Waals surface area (Å²) in [6.45, 7) is 0.0398. The summed E-state index contributed by atoms with van der Waals surface area (Å²) >= 11 is 0. The van der Waals surface area contributed by atoms with E-state index in [-0.39, 0.29) is 23.5 Å². The van der Waals surface area contributed by atoms with E-state index >= 15 is 0 Å². The second-order valence-corrected chi connectivity index (χ2v) is 4.93. The predicted molar refractivity (Wildman–Crippen MR) is 79.0 cm³/mol. The fourth-order valence-corrected chi connectivity index (χ4v) is 2.49. The number of nitro groups is 1. The largest absolute Gasteiger partial charge is 0.410 e. The van der Waals surface area contributed by atoms with Gasteiger partial charge in [-0.2, -0.15) is 0 Å². The van der Waals surface area contributed by atoms with Crippen molar-refractivity contribution >= 4 is 23.0 Å². The van der Waals surface area contributed by atoms with Crippen LogP contribution in [0, 0.1) is 15.9 Å². The summed E-state index contributed by atoms with van der Waals surface area (Å²) in [7, 11) is 0. The molecule has 0 spiro atoms. The van der Waals surface area contributed by atoms with Crippen molar-refractivity contribution in [3.8, 4) is 0 Å². The van der Waals surface area contributed by atoms with Gasteiger partial charge in [0.15, 0.2) is 5.71 Å². The lowest BCUT2D eigenvalue weighted by molar-refractivity contribution is -0.384. The quantitative estimate of drug-likeness (QED) is 0.534. The molecule has 3 rings (SSSR count).